The van der Waals surface area contributed by atoms with Crippen LogP contribution in [0.15, 0.2) is 39.6 Å². The lowest BCUT2D eigenvalue weighted by Crippen LogP contribution is -1.90. The molecule has 0 radical (unpaired) electrons. The van der Waals surface area contributed by atoms with Gasteiger partial charge in [-0.05, 0) is 18.2 Å². The van der Waals surface area contributed by atoms with Crippen LogP contribution in [0.5, 0.6) is 0 Å². The molecule has 0 atom stereocenters. The molecular weight excluding hydrogens is 298 g/mol. The molecule has 3 aromatic rings. The second-order valence-electron chi connectivity index (χ2n) is 3.59. The minimum Gasteiger partial charge on any atom is -0.398 e. The number of H-pyrrole nitrogens is 1. The van der Waals surface area contributed by atoms with E-state index in [0.717, 1.165) is 4.47 Å². The number of nitrogens with two attached hydrogens (primary N) is 1. The van der Waals surface area contributed by atoms with E-state index in [1.165, 1.54) is 0 Å². The summed E-state index contributed by atoms with van der Waals surface area (Å²) in [6, 6.07) is 5.47. The number of hydrogen-bond acceptors (Lipinski definition) is 5. The minimum absolute atomic E-state index is 0.367. The number of nitrogens with one attached hydrogen (secondary N) is 1. The van der Waals surface area contributed by atoms with Gasteiger partial charge in [0.05, 0.1) is 5.56 Å². The van der Waals surface area contributed by atoms with E-state index in [9.17, 15) is 0 Å². The Labute approximate surface area is 110 Å². The van der Waals surface area contributed by atoms with Gasteiger partial charge in [0.25, 0.3) is 5.89 Å². The fraction of sp³-hybridized carbons (Fsp3) is 0. The van der Waals surface area contributed by atoms with Crippen molar-refractivity contribution < 1.29 is 4.52 Å². The first-order chi connectivity index (χ1) is 8.74. The minimum atomic E-state index is 0.367. The van der Waals surface area contributed by atoms with Crippen molar-refractivity contribution in [3.63, 3.8) is 0 Å². The zero-order chi connectivity index (χ0) is 12.5. The van der Waals surface area contributed by atoms with Gasteiger partial charge in [-0.3, -0.25) is 0 Å². The third-order valence-corrected chi connectivity index (χ3v) is 2.87. The Morgan fingerprint density at radius 2 is 2.22 bits per heavy atom. The molecule has 0 bridgehead atoms. The van der Waals surface area contributed by atoms with E-state index in [1.807, 2.05) is 12.1 Å². The SMILES string of the molecule is Nc1cc(Br)ccc1-c1nc(-c2ncc[nH]2)no1. The largest absolute Gasteiger partial charge is 0.398 e. The number of nitrogens with zero attached hydrogens (tertiary/aromatic N) is 3. The number of aromatic nitrogens is 4. The molecular formula is C11H8BrN5O. The number of benzene rings is 1. The quantitative estimate of drug-likeness (QED) is 0.709. The molecule has 0 spiro atoms. The summed E-state index contributed by atoms with van der Waals surface area (Å²) in [5.74, 6) is 1.32. The number of aromatic amines is 1. The van der Waals surface area contributed by atoms with Crippen LogP contribution in [-0.4, -0.2) is 20.1 Å². The Bertz CT molecular complexity index is 677. The lowest BCUT2D eigenvalue weighted by Gasteiger charge is -2.00. The van der Waals surface area contributed by atoms with Crippen LogP contribution in [0.25, 0.3) is 23.1 Å². The van der Waals surface area contributed by atoms with Crippen LogP contribution >= 0.6 is 15.9 Å². The summed E-state index contributed by atoms with van der Waals surface area (Å²) in [6.07, 6.45) is 3.32. The lowest BCUT2D eigenvalue weighted by atomic mass is 10.2. The van der Waals surface area contributed by atoms with E-state index in [4.69, 9.17) is 10.3 Å². The van der Waals surface area contributed by atoms with E-state index in [2.05, 4.69) is 36.0 Å². The first-order valence-electron chi connectivity index (χ1n) is 5.13. The summed E-state index contributed by atoms with van der Waals surface area (Å²) < 4.78 is 6.08. The molecule has 0 unspecified atom stereocenters. The molecule has 3 rings (SSSR count). The molecule has 1 aromatic carbocycles. The van der Waals surface area contributed by atoms with Crippen LogP contribution in [0.4, 0.5) is 5.69 Å². The van der Waals surface area contributed by atoms with E-state index in [-0.39, 0.29) is 0 Å². The molecule has 0 saturated heterocycles. The van der Waals surface area contributed by atoms with Gasteiger partial charge in [0.2, 0.25) is 5.82 Å². The molecule has 0 saturated carbocycles. The topological polar surface area (TPSA) is 93.6 Å². The van der Waals surface area contributed by atoms with Crippen molar-refractivity contribution in [2.75, 3.05) is 5.73 Å². The number of halogens is 1. The highest BCUT2D eigenvalue weighted by Gasteiger charge is 2.14. The average Bonchev–Trinajstić information content (AvgIpc) is 2.99. The Kier molecular flexibility index (Phi) is 2.60. The maximum atomic E-state index is 5.90. The predicted octanol–water partition coefficient (Wildman–Crippen LogP) is 2.47. The molecule has 0 amide bonds. The Hall–Kier alpha value is -2.15. The van der Waals surface area contributed by atoms with Crippen molar-refractivity contribution in [3.05, 3.63) is 35.1 Å². The second kappa shape index (κ2) is 4.26. The van der Waals surface area contributed by atoms with Crippen LogP contribution in [0.2, 0.25) is 0 Å². The number of nitrogen functional groups attached to an aromatic ring is 1. The predicted molar refractivity (Wildman–Crippen MR) is 69.4 cm³/mol. The van der Waals surface area contributed by atoms with E-state index < -0.39 is 0 Å². The molecule has 2 heterocycles. The van der Waals surface area contributed by atoms with Crippen LogP contribution in [0.3, 0.4) is 0 Å². The van der Waals surface area contributed by atoms with Crippen molar-refractivity contribution in [2.45, 2.75) is 0 Å². The van der Waals surface area contributed by atoms with Gasteiger partial charge in [-0.2, -0.15) is 4.98 Å². The molecule has 6 nitrogen and oxygen atoms in total. The van der Waals surface area contributed by atoms with Gasteiger partial charge >= 0.3 is 0 Å². The van der Waals surface area contributed by atoms with E-state index >= 15 is 0 Å². The average molecular weight is 306 g/mol. The van der Waals surface area contributed by atoms with Crippen molar-refractivity contribution >= 4 is 21.6 Å². The molecule has 0 aliphatic rings. The monoisotopic (exact) mass is 305 g/mol. The number of imidazole rings is 1. The molecule has 90 valence electrons. The molecule has 2 aromatic heterocycles. The Balaban J connectivity index is 2.03. The van der Waals surface area contributed by atoms with Crippen molar-refractivity contribution in [3.8, 4) is 23.1 Å². The summed E-state index contributed by atoms with van der Waals surface area (Å²) in [5, 5.41) is 3.85. The number of anilines is 1. The third-order valence-electron chi connectivity index (χ3n) is 2.38. The van der Waals surface area contributed by atoms with Crippen molar-refractivity contribution in [2.24, 2.45) is 0 Å². The second-order valence-corrected chi connectivity index (χ2v) is 4.51. The maximum Gasteiger partial charge on any atom is 0.260 e. The Morgan fingerprint density at radius 3 is 2.94 bits per heavy atom. The summed E-state index contributed by atoms with van der Waals surface area (Å²) in [7, 11) is 0. The van der Waals surface area contributed by atoms with Crippen LogP contribution in [0, 0.1) is 0 Å². The summed E-state index contributed by atoms with van der Waals surface area (Å²) in [4.78, 5) is 11.2. The molecule has 3 N–H and O–H groups in total. The first-order valence-corrected chi connectivity index (χ1v) is 5.92. The van der Waals surface area contributed by atoms with Crippen LogP contribution < -0.4 is 5.73 Å². The fourth-order valence-electron chi connectivity index (χ4n) is 1.54. The van der Waals surface area contributed by atoms with Gasteiger partial charge in [0, 0.05) is 22.6 Å². The van der Waals surface area contributed by atoms with Gasteiger partial charge in [-0.25, -0.2) is 4.98 Å². The zero-order valence-corrected chi connectivity index (χ0v) is 10.7. The van der Waals surface area contributed by atoms with Crippen molar-refractivity contribution in [1.29, 1.82) is 0 Å². The third kappa shape index (κ3) is 1.88. The van der Waals surface area contributed by atoms with Gasteiger partial charge in [-0.15, -0.1) is 0 Å². The maximum absolute atomic E-state index is 5.90. The van der Waals surface area contributed by atoms with Gasteiger partial charge in [0.1, 0.15) is 0 Å². The van der Waals surface area contributed by atoms with Crippen LogP contribution in [-0.2, 0) is 0 Å². The summed E-state index contributed by atoms with van der Waals surface area (Å²) >= 11 is 3.34. The first kappa shape index (κ1) is 11.0. The Morgan fingerprint density at radius 1 is 1.33 bits per heavy atom. The van der Waals surface area contributed by atoms with Gasteiger partial charge in [0.15, 0.2) is 5.82 Å². The standard InChI is InChI=1S/C11H8BrN5O/c12-6-1-2-7(8(13)5-6)11-16-10(17-18-11)9-14-3-4-15-9/h1-5H,13H2,(H,14,15). The lowest BCUT2D eigenvalue weighted by molar-refractivity contribution is 0.432. The van der Waals surface area contributed by atoms with Gasteiger partial charge in [-0.1, -0.05) is 21.1 Å². The zero-order valence-electron chi connectivity index (χ0n) is 9.09. The molecule has 0 aliphatic heterocycles. The highest BCUT2D eigenvalue weighted by molar-refractivity contribution is 9.10. The van der Waals surface area contributed by atoms with Crippen LogP contribution in [0.1, 0.15) is 0 Å². The molecule has 7 heteroatoms. The summed E-state index contributed by atoms with van der Waals surface area (Å²) in [6.45, 7) is 0. The molecule has 0 fully saturated rings. The molecule has 0 aliphatic carbocycles. The molecule has 18 heavy (non-hydrogen) atoms. The number of hydrogen-bond donors (Lipinski definition) is 2. The highest BCUT2D eigenvalue weighted by atomic mass is 79.9. The number of rotatable bonds is 2. The normalized spacial score (nSPS) is 10.7. The van der Waals surface area contributed by atoms with E-state index in [0.29, 0.717) is 28.8 Å². The van der Waals surface area contributed by atoms with Gasteiger partial charge < -0.3 is 15.2 Å². The fourth-order valence-corrected chi connectivity index (χ4v) is 1.92. The summed E-state index contributed by atoms with van der Waals surface area (Å²) in [5.41, 5.74) is 7.17. The van der Waals surface area contributed by atoms with E-state index in [1.54, 1.807) is 18.5 Å². The van der Waals surface area contributed by atoms with Crippen molar-refractivity contribution in [1.82, 2.24) is 20.1 Å². The smallest absolute Gasteiger partial charge is 0.260 e. The highest BCUT2D eigenvalue weighted by Crippen LogP contribution is 2.28.